The Hall–Kier alpha value is -2.15. The van der Waals surface area contributed by atoms with Gasteiger partial charge in [-0.2, -0.15) is 5.10 Å². The van der Waals surface area contributed by atoms with E-state index in [0.717, 1.165) is 30.8 Å². The maximum Gasteiger partial charge on any atom is 0.233 e. The van der Waals surface area contributed by atoms with Crippen LogP contribution >= 0.6 is 0 Å². The summed E-state index contributed by atoms with van der Waals surface area (Å²) in [6.45, 7) is 2.59. The van der Waals surface area contributed by atoms with Crippen LogP contribution in [0.15, 0.2) is 16.7 Å². The van der Waals surface area contributed by atoms with Gasteiger partial charge in [0.05, 0.1) is 23.9 Å². The van der Waals surface area contributed by atoms with Crippen molar-refractivity contribution in [1.82, 2.24) is 15.4 Å². The van der Waals surface area contributed by atoms with E-state index in [1.54, 1.807) is 12.1 Å². The Morgan fingerprint density at radius 3 is 3.15 bits per heavy atom. The van der Waals surface area contributed by atoms with Gasteiger partial charge in [-0.25, -0.2) is 0 Å². The highest BCUT2D eigenvalue weighted by Gasteiger charge is 2.20. The van der Waals surface area contributed by atoms with Crippen molar-refractivity contribution in [2.24, 2.45) is 0 Å². The lowest BCUT2D eigenvalue weighted by molar-refractivity contribution is -0.115. The Kier molecular flexibility index (Phi) is 3.51. The fourth-order valence-corrected chi connectivity index (χ4v) is 2.23. The van der Waals surface area contributed by atoms with Crippen LogP contribution in [0.25, 0.3) is 0 Å². The molecule has 0 aromatic carbocycles. The fraction of sp³-hybridized carbons (Fsp3) is 0.462. The molecule has 1 aliphatic rings. The molecule has 0 spiro atoms. The lowest BCUT2D eigenvalue weighted by Crippen LogP contribution is -2.14. The Labute approximate surface area is 115 Å². The molecule has 0 saturated carbocycles. The van der Waals surface area contributed by atoms with E-state index in [1.165, 1.54) is 0 Å². The number of ether oxygens (including phenoxy) is 1. The SMILES string of the molecule is Cc1cc(CC(=O)Nc2cc(C3CCCO3)[nH]n2)on1. The molecule has 7 heteroatoms. The molecule has 1 unspecified atom stereocenters. The first-order valence-electron chi connectivity index (χ1n) is 6.59. The van der Waals surface area contributed by atoms with Gasteiger partial charge < -0.3 is 14.6 Å². The number of rotatable bonds is 4. The molecule has 1 atom stereocenters. The molecule has 1 amide bonds. The molecule has 7 nitrogen and oxygen atoms in total. The first kappa shape index (κ1) is 12.9. The minimum Gasteiger partial charge on any atom is -0.372 e. The third-order valence-corrected chi connectivity index (χ3v) is 3.15. The van der Waals surface area contributed by atoms with Gasteiger partial charge in [0, 0.05) is 18.7 Å². The lowest BCUT2D eigenvalue weighted by atomic mass is 10.2. The molecule has 1 aliphatic heterocycles. The summed E-state index contributed by atoms with van der Waals surface area (Å²) in [5, 5.41) is 13.4. The number of carbonyl (C=O) groups is 1. The zero-order valence-electron chi connectivity index (χ0n) is 11.2. The molecule has 0 aliphatic carbocycles. The van der Waals surface area contributed by atoms with Gasteiger partial charge in [0.1, 0.15) is 5.76 Å². The van der Waals surface area contributed by atoms with Gasteiger partial charge in [-0.05, 0) is 19.8 Å². The van der Waals surface area contributed by atoms with Crippen LogP contribution in [0.2, 0.25) is 0 Å². The second kappa shape index (κ2) is 5.46. The zero-order valence-corrected chi connectivity index (χ0v) is 11.2. The number of H-pyrrole nitrogens is 1. The van der Waals surface area contributed by atoms with Crippen molar-refractivity contribution in [2.75, 3.05) is 11.9 Å². The van der Waals surface area contributed by atoms with E-state index in [4.69, 9.17) is 9.26 Å². The second-order valence-corrected chi connectivity index (χ2v) is 4.87. The Morgan fingerprint density at radius 2 is 2.45 bits per heavy atom. The van der Waals surface area contributed by atoms with Crippen LogP contribution in [0.5, 0.6) is 0 Å². The normalized spacial score (nSPS) is 18.4. The van der Waals surface area contributed by atoms with E-state index < -0.39 is 0 Å². The van der Waals surface area contributed by atoms with E-state index in [-0.39, 0.29) is 18.4 Å². The average molecular weight is 276 g/mol. The molecule has 1 saturated heterocycles. The Balaban J connectivity index is 1.58. The molecule has 1 fully saturated rings. The highest BCUT2D eigenvalue weighted by Crippen LogP contribution is 2.28. The van der Waals surface area contributed by atoms with Crippen molar-refractivity contribution in [2.45, 2.75) is 32.3 Å². The summed E-state index contributed by atoms with van der Waals surface area (Å²) < 4.78 is 10.5. The highest BCUT2D eigenvalue weighted by atomic mass is 16.5. The van der Waals surface area contributed by atoms with Crippen LogP contribution in [0.3, 0.4) is 0 Å². The van der Waals surface area contributed by atoms with Crippen molar-refractivity contribution in [3.05, 3.63) is 29.3 Å². The summed E-state index contributed by atoms with van der Waals surface area (Å²) in [4.78, 5) is 11.8. The maximum absolute atomic E-state index is 11.8. The van der Waals surface area contributed by atoms with Crippen LogP contribution in [-0.2, 0) is 16.0 Å². The molecule has 3 heterocycles. The first-order chi connectivity index (χ1) is 9.70. The molecular formula is C13H16N4O3. The summed E-state index contributed by atoms with van der Waals surface area (Å²) in [5.41, 5.74) is 1.65. The smallest absolute Gasteiger partial charge is 0.233 e. The number of hydrogen-bond donors (Lipinski definition) is 2. The predicted octanol–water partition coefficient (Wildman–Crippen LogP) is 1.74. The van der Waals surface area contributed by atoms with Gasteiger partial charge in [-0.15, -0.1) is 0 Å². The number of carbonyl (C=O) groups excluding carboxylic acids is 1. The molecule has 2 aromatic rings. The number of hydrogen-bond acceptors (Lipinski definition) is 5. The van der Waals surface area contributed by atoms with Crippen molar-refractivity contribution < 1.29 is 14.1 Å². The Morgan fingerprint density at radius 1 is 1.55 bits per heavy atom. The number of aromatic nitrogens is 3. The van der Waals surface area contributed by atoms with E-state index in [9.17, 15) is 4.79 Å². The number of nitrogens with one attached hydrogen (secondary N) is 2. The van der Waals surface area contributed by atoms with Gasteiger partial charge in [0.2, 0.25) is 5.91 Å². The molecule has 20 heavy (non-hydrogen) atoms. The average Bonchev–Trinajstić information content (AvgIpc) is 3.10. The molecule has 106 valence electrons. The van der Waals surface area contributed by atoms with Crippen molar-refractivity contribution in [3.63, 3.8) is 0 Å². The second-order valence-electron chi connectivity index (χ2n) is 4.87. The summed E-state index contributed by atoms with van der Waals surface area (Å²) in [7, 11) is 0. The summed E-state index contributed by atoms with van der Waals surface area (Å²) in [6.07, 6.45) is 2.23. The topological polar surface area (TPSA) is 93.0 Å². The van der Waals surface area contributed by atoms with Crippen molar-refractivity contribution in [1.29, 1.82) is 0 Å². The third kappa shape index (κ3) is 2.88. The van der Waals surface area contributed by atoms with Crippen molar-refractivity contribution in [3.8, 4) is 0 Å². The van der Waals surface area contributed by atoms with Gasteiger partial charge in [0.25, 0.3) is 0 Å². The number of aromatic amines is 1. The molecule has 2 aromatic heterocycles. The number of amides is 1. The van der Waals surface area contributed by atoms with Gasteiger partial charge >= 0.3 is 0 Å². The zero-order chi connectivity index (χ0) is 13.9. The third-order valence-electron chi connectivity index (χ3n) is 3.15. The van der Waals surface area contributed by atoms with Crippen LogP contribution < -0.4 is 5.32 Å². The quantitative estimate of drug-likeness (QED) is 0.887. The summed E-state index contributed by atoms with van der Waals surface area (Å²) in [6, 6.07) is 3.54. The molecule has 2 N–H and O–H groups in total. The van der Waals surface area contributed by atoms with Crippen LogP contribution in [0, 0.1) is 6.92 Å². The summed E-state index contributed by atoms with van der Waals surface area (Å²) in [5.74, 6) is 0.846. The molecule has 0 bridgehead atoms. The van der Waals surface area contributed by atoms with E-state index >= 15 is 0 Å². The minimum absolute atomic E-state index is 0.0603. The van der Waals surface area contributed by atoms with Gasteiger partial charge in [0.15, 0.2) is 5.82 Å². The van der Waals surface area contributed by atoms with Gasteiger partial charge in [-0.1, -0.05) is 5.16 Å². The van der Waals surface area contributed by atoms with E-state index in [1.807, 2.05) is 6.92 Å². The lowest BCUT2D eigenvalue weighted by Gasteiger charge is -2.04. The minimum atomic E-state index is -0.188. The number of nitrogens with zero attached hydrogens (tertiary/aromatic N) is 2. The van der Waals surface area contributed by atoms with Crippen molar-refractivity contribution >= 4 is 11.7 Å². The molecule has 0 radical (unpaired) electrons. The van der Waals surface area contributed by atoms with E-state index in [2.05, 4.69) is 20.7 Å². The maximum atomic E-state index is 11.8. The first-order valence-corrected chi connectivity index (χ1v) is 6.59. The van der Waals surface area contributed by atoms with Crippen LogP contribution in [0.1, 0.15) is 36.1 Å². The Bertz CT molecular complexity index is 598. The number of anilines is 1. The fourth-order valence-electron chi connectivity index (χ4n) is 2.23. The standard InChI is InChI=1S/C13H16N4O3/c1-8-5-9(20-17-8)6-13(18)14-12-7-10(15-16-12)11-3-2-4-19-11/h5,7,11H,2-4,6H2,1H3,(H2,14,15,16,18). The van der Waals surface area contributed by atoms with E-state index in [0.29, 0.717) is 11.6 Å². The molecular weight excluding hydrogens is 260 g/mol. The highest BCUT2D eigenvalue weighted by molar-refractivity contribution is 5.91. The van der Waals surface area contributed by atoms with Crippen LogP contribution in [-0.4, -0.2) is 27.9 Å². The predicted molar refractivity (Wildman–Crippen MR) is 70.1 cm³/mol. The largest absolute Gasteiger partial charge is 0.372 e. The summed E-state index contributed by atoms with van der Waals surface area (Å²) >= 11 is 0. The van der Waals surface area contributed by atoms with Crippen LogP contribution in [0.4, 0.5) is 5.82 Å². The molecule has 3 rings (SSSR count). The van der Waals surface area contributed by atoms with Gasteiger partial charge in [-0.3, -0.25) is 9.89 Å². The monoisotopic (exact) mass is 276 g/mol. The number of aryl methyl sites for hydroxylation is 1.